The van der Waals surface area contributed by atoms with Crippen LogP contribution in [0.4, 0.5) is 23.1 Å². The van der Waals surface area contributed by atoms with Crippen molar-refractivity contribution in [3.63, 3.8) is 0 Å². The van der Waals surface area contributed by atoms with Gasteiger partial charge in [0.05, 0.1) is 18.9 Å². The smallest absolute Gasteiger partial charge is 0.225 e. The highest BCUT2D eigenvalue weighted by molar-refractivity contribution is 5.67. The maximum atomic E-state index is 5.42. The first-order valence-electron chi connectivity index (χ1n) is 9.55. The van der Waals surface area contributed by atoms with Crippen molar-refractivity contribution in [2.45, 2.75) is 6.92 Å². The third kappa shape index (κ3) is 4.37. The van der Waals surface area contributed by atoms with Crippen molar-refractivity contribution in [1.82, 2.24) is 15.0 Å². The molecule has 1 aromatic carbocycles. The Kier molecular flexibility index (Phi) is 5.63. The van der Waals surface area contributed by atoms with E-state index in [4.69, 9.17) is 4.74 Å². The molecule has 0 radical (unpaired) electrons. The summed E-state index contributed by atoms with van der Waals surface area (Å²) < 4.78 is 5.42. The molecule has 0 bridgehead atoms. The summed E-state index contributed by atoms with van der Waals surface area (Å²) in [6, 6.07) is 14.2. The number of anilines is 4. The van der Waals surface area contributed by atoms with Gasteiger partial charge >= 0.3 is 0 Å². The number of morpholine rings is 1. The molecule has 1 saturated heterocycles. The number of ether oxygens (including phenoxy) is 1. The van der Waals surface area contributed by atoms with E-state index in [0.29, 0.717) is 5.95 Å². The molecule has 28 heavy (non-hydrogen) atoms. The summed E-state index contributed by atoms with van der Waals surface area (Å²) in [5.41, 5.74) is 3.97. The fourth-order valence-electron chi connectivity index (χ4n) is 3.14. The van der Waals surface area contributed by atoms with Gasteiger partial charge in [-0.05, 0) is 43.3 Å². The van der Waals surface area contributed by atoms with Gasteiger partial charge in [-0.1, -0.05) is 0 Å². The van der Waals surface area contributed by atoms with Crippen LogP contribution in [0.3, 0.4) is 0 Å². The Labute approximate surface area is 164 Å². The normalized spacial score (nSPS) is 14.0. The van der Waals surface area contributed by atoms with Gasteiger partial charge in [-0.2, -0.15) is 4.98 Å². The van der Waals surface area contributed by atoms with E-state index < -0.39 is 0 Å². The van der Waals surface area contributed by atoms with Crippen LogP contribution >= 0.6 is 0 Å². The van der Waals surface area contributed by atoms with Crippen LogP contribution in [0.2, 0.25) is 0 Å². The molecule has 1 aliphatic rings. The average Bonchev–Trinajstić information content (AvgIpc) is 2.76. The van der Waals surface area contributed by atoms with Crippen LogP contribution in [-0.2, 0) is 4.74 Å². The molecule has 144 valence electrons. The zero-order chi connectivity index (χ0) is 19.2. The third-order valence-electron chi connectivity index (χ3n) is 4.53. The zero-order valence-electron chi connectivity index (χ0n) is 15.9. The first kappa shape index (κ1) is 18.2. The van der Waals surface area contributed by atoms with Crippen LogP contribution in [0.1, 0.15) is 6.92 Å². The van der Waals surface area contributed by atoms with Crippen LogP contribution < -0.4 is 15.5 Å². The van der Waals surface area contributed by atoms with Crippen molar-refractivity contribution in [3.8, 4) is 11.3 Å². The number of pyridine rings is 1. The van der Waals surface area contributed by atoms with Gasteiger partial charge in [0.1, 0.15) is 5.82 Å². The molecular weight excluding hydrogens is 352 g/mol. The highest BCUT2D eigenvalue weighted by Crippen LogP contribution is 2.25. The summed E-state index contributed by atoms with van der Waals surface area (Å²) >= 11 is 0. The van der Waals surface area contributed by atoms with E-state index >= 15 is 0 Å². The highest BCUT2D eigenvalue weighted by Gasteiger charge is 2.11. The van der Waals surface area contributed by atoms with Crippen molar-refractivity contribution >= 4 is 23.1 Å². The number of aromatic nitrogens is 3. The molecule has 7 heteroatoms. The molecule has 0 amide bonds. The maximum absolute atomic E-state index is 5.42. The highest BCUT2D eigenvalue weighted by atomic mass is 16.5. The number of benzene rings is 1. The summed E-state index contributed by atoms with van der Waals surface area (Å²) in [6.45, 7) is 6.21. The summed E-state index contributed by atoms with van der Waals surface area (Å²) in [5.74, 6) is 1.33. The van der Waals surface area contributed by atoms with E-state index in [1.54, 1.807) is 12.4 Å². The predicted molar refractivity (Wildman–Crippen MR) is 112 cm³/mol. The minimum absolute atomic E-state index is 0.594. The van der Waals surface area contributed by atoms with E-state index in [1.165, 1.54) is 5.69 Å². The Morgan fingerprint density at radius 1 is 1.07 bits per heavy atom. The summed E-state index contributed by atoms with van der Waals surface area (Å²) in [6.07, 6.45) is 3.56. The lowest BCUT2D eigenvalue weighted by Crippen LogP contribution is -2.36. The van der Waals surface area contributed by atoms with Crippen LogP contribution in [-0.4, -0.2) is 47.8 Å². The molecule has 3 heterocycles. The van der Waals surface area contributed by atoms with Crippen molar-refractivity contribution in [2.24, 2.45) is 0 Å². The monoisotopic (exact) mass is 376 g/mol. The Bertz CT molecular complexity index is 895. The first-order valence-corrected chi connectivity index (χ1v) is 9.55. The van der Waals surface area contributed by atoms with Crippen molar-refractivity contribution in [2.75, 3.05) is 48.4 Å². The molecule has 1 aliphatic heterocycles. The van der Waals surface area contributed by atoms with Gasteiger partial charge in [0, 0.05) is 55.0 Å². The van der Waals surface area contributed by atoms with Gasteiger partial charge in [0.2, 0.25) is 5.95 Å². The van der Waals surface area contributed by atoms with E-state index in [-0.39, 0.29) is 0 Å². The van der Waals surface area contributed by atoms with Crippen LogP contribution in [0.25, 0.3) is 11.3 Å². The molecular formula is C21H24N6O. The summed E-state index contributed by atoms with van der Waals surface area (Å²) in [7, 11) is 0. The predicted octanol–water partition coefficient (Wildman–Crippen LogP) is 3.55. The second-order valence-electron chi connectivity index (χ2n) is 6.51. The summed E-state index contributed by atoms with van der Waals surface area (Å²) in [4.78, 5) is 15.7. The van der Waals surface area contributed by atoms with Crippen molar-refractivity contribution in [3.05, 3.63) is 54.9 Å². The summed E-state index contributed by atoms with van der Waals surface area (Å²) in [5, 5.41) is 6.58. The van der Waals surface area contributed by atoms with Crippen LogP contribution in [0.15, 0.2) is 54.9 Å². The second kappa shape index (κ2) is 8.67. The van der Waals surface area contributed by atoms with E-state index in [2.05, 4.69) is 54.8 Å². The number of nitrogens with zero attached hydrogens (tertiary/aromatic N) is 4. The second-order valence-corrected chi connectivity index (χ2v) is 6.51. The van der Waals surface area contributed by atoms with Gasteiger partial charge in [0.15, 0.2) is 0 Å². The van der Waals surface area contributed by atoms with E-state index in [0.717, 1.165) is 55.6 Å². The average molecular weight is 376 g/mol. The number of hydrogen-bond donors (Lipinski definition) is 2. The lowest BCUT2D eigenvalue weighted by Gasteiger charge is -2.28. The minimum Gasteiger partial charge on any atom is -0.378 e. The molecule has 0 aliphatic carbocycles. The van der Waals surface area contributed by atoms with Crippen LogP contribution in [0.5, 0.6) is 0 Å². The van der Waals surface area contributed by atoms with Gasteiger partial charge in [-0.25, -0.2) is 4.98 Å². The lowest BCUT2D eigenvalue weighted by atomic mass is 10.2. The fraction of sp³-hybridized carbons (Fsp3) is 0.286. The molecule has 0 atom stereocenters. The maximum Gasteiger partial charge on any atom is 0.225 e. The quantitative estimate of drug-likeness (QED) is 0.681. The molecule has 7 nitrogen and oxygen atoms in total. The molecule has 1 fully saturated rings. The third-order valence-corrected chi connectivity index (χ3v) is 4.53. The number of nitrogens with one attached hydrogen (secondary N) is 2. The Hall–Kier alpha value is -3.19. The van der Waals surface area contributed by atoms with Gasteiger partial charge in [-0.3, -0.25) is 4.98 Å². The van der Waals surface area contributed by atoms with E-state index in [1.807, 2.05) is 25.1 Å². The molecule has 0 unspecified atom stereocenters. The Morgan fingerprint density at radius 2 is 1.89 bits per heavy atom. The Morgan fingerprint density at radius 3 is 2.61 bits per heavy atom. The first-order chi connectivity index (χ1) is 13.8. The lowest BCUT2D eigenvalue weighted by molar-refractivity contribution is 0.122. The van der Waals surface area contributed by atoms with Crippen molar-refractivity contribution in [1.29, 1.82) is 0 Å². The molecule has 2 N–H and O–H groups in total. The number of rotatable bonds is 6. The van der Waals surface area contributed by atoms with E-state index in [9.17, 15) is 0 Å². The largest absolute Gasteiger partial charge is 0.378 e. The Balaban J connectivity index is 1.55. The standard InChI is InChI=1S/C21H24N6O/c1-2-23-21-25-19(16-4-3-9-22-15-16)14-20(26-21)24-17-5-7-18(8-6-17)27-10-12-28-13-11-27/h3-9,14-15H,2,10-13H2,1H3,(H2,23,24,25,26). The van der Waals surface area contributed by atoms with Gasteiger partial charge in [0.25, 0.3) is 0 Å². The fourth-order valence-corrected chi connectivity index (χ4v) is 3.14. The molecule has 2 aromatic heterocycles. The molecule has 4 rings (SSSR count). The van der Waals surface area contributed by atoms with Gasteiger partial charge in [-0.15, -0.1) is 0 Å². The van der Waals surface area contributed by atoms with Crippen molar-refractivity contribution < 1.29 is 4.74 Å². The molecule has 0 spiro atoms. The van der Waals surface area contributed by atoms with Gasteiger partial charge < -0.3 is 20.3 Å². The molecule has 0 saturated carbocycles. The SMILES string of the molecule is CCNc1nc(Nc2ccc(N3CCOCC3)cc2)cc(-c2cccnc2)n1. The van der Waals surface area contributed by atoms with Crippen LogP contribution in [0, 0.1) is 0 Å². The number of hydrogen-bond acceptors (Lipinski definition) is 7. The topological polar surface area (TPSA) is 75.2 Å². The zero-order valence-corrected chi connectivity index (χ0v) is 15.9. The molecule has 3 aromatic rings. The minimum atomic E-state index is 0.594.